The van der Waals surface area contributed by atoms with Crippen LogP contribution in [-0.2, 0) is 0 Å². The molecule has 0 spiro atoms. The first-order valence-corrected chi connectivity index (χ1v) is 10.2. The quantitative estimate of drug-likeness (QED) is 0.447. The van der Waals surface area contributed by atoms with Crippen molar-refractivity contribution in [3.05, 3.63) is 41.6 Å². The number of aromatic nitrogens is 1. The summed E-state index contributed by atoms with van der Waals surface area (Å²) in [6.45, 7) is 5.94. The lowest BCUT2D eigenvalue weighted by atomic mass is 9.89. The Bertz CT molecular complexity index is 1120. The highest BCUT2D eigenvalue weighted by molar-refractivity contribution is 6.11. The Balaban J connectivity index is 2.42. The van der Waals surface area contributed by atoms with Crippen LogP contribution in [0.15, 0.2) is 30.3 Å². The Hall–Kier alpha value is -3.28. The number of Topliss-reactive ketones (excluding diaryl/α,β-unsaturated/α-hetero) is 1. The minimum Gasteiger partial charge on any atom is -0.493 e. The Morgan fingerprint density at radius 2 is 1.45 bits per heavy atom. The Kier molecular flexibility index (Phi) is 6.68. The topological polar surface area (TPSA) is 66.9 Å². The van der Waals surface area contributed by atoms with Crippen LogP contribution in [0.2, 0.25) is 0 Å². The number of hydrogen-bond donors (Lipinski definition) is 0. The predicted molar refractivity (Wildman–Crippen MR) is 122 cm³/mol. The molecule has 0 N–H and O–H groups in total. The van der Waals surface area contributed by atoms with Crippen LogP contribution in [0.3, 0.4) is 0 Å². The summed E-state index contributed by atoms with van der Waals surface area (Å²) in [4.78, 5) is 18.1. The maximum Gasteiger partial charge on any atom is 0.165 e. The molecule has 6 nitrogen and oxygen atoms in total. The van der Waals surface area contributed by atoms with Crippen molar-refractivity contribution in [3.63, 3.8) is 0 Å². The van der Waals surface area contributed by atoms with Crippen molar-refractivity contribution >= 4 is 16.7 Å². The first kappa shape index (κ1) is 22.4. The van der Waals surface area contributed by atoms with Crippen molar-refractivity contribution in [1.82, 2.24) is 4.98 Å². The zero-order chi connectivity index (χ0) is 22.7. The second-order valence-corrected chi connectivity index (χ2v) is 7.76. The molecule has 0 aliphatic carbocycles. The number of methoxy groups -OCH3 is 4. The summed E-state index contributed by atoms with van der Waals surface area (Å²) in [5.74, 6) is 2.65. The average molecular weight is 424 g/mol. The number of aryl methyl sites for hydroxylation is 1. The molecule has 0 aliphatic heterocycles. The van der Waals surface area contributed by atoms with Crippen LogP contribution in [0.1, 0.15) is 36.3 Å². The number of fused-ring (bicyclic) bond motifs is 1. The van der Waals surface area contributed by atoms with Gasteiger partial charge in [-0.1, -0.05) is 19.9 Å². The largest absolute Gasteiger partial charge is 0.493 e. The maximum absolute atomic E-state index is 13.3. The van der Waals surface area contributed by atoms with Gasteiger partial charge in [-0.15, -0.1) is 0 Å². The van der Waals surface area contributed by atoms with E-state index in [1.54, 1.807) is 28.4 Å². The van der Waals surface area contributed by atoms with Gasteiger partial charge in [0.2, 0.25) is 0 Å². The first-order valence-electron chi connectivity index (χ1n) is 10.2. The summed E-state index contributed by atoms with van der Waals surface area (Å²) in [5, 5.41) is 0.808. The number of rotatable bonds is 8. The number of benzene rings is 2. The third-order valence-electron chi connectivity index (χ3n) is 5.22. The van der Waals surface area contributed by atoms with Crippen LogP contribution in [0, 0.1) is 12.8 Å². The van der Waals surface area contributed by atoms with Crippen LogP contribution in [0.4, 0.5) is 0 Å². The molecule has 31 heavy (non-hydrogen) atoms. The zero-order valence-corrected chi connectivity index (χ0v) is 19.2. The fraction of sp³-hybridized carbons (Fsp3) is 0.360. The summed E-state index contributed by atoms with van der Waals surface area (Å²) < 4.78 is 21.9. The van der Waals surface area contributed by atoms with Crippen molar-refractivity contribution in [3.8, 4) is 34.1 Å². The van der Waals surface area contributed by atoms with E-state index in [0.29, 0.717) is 40.7 Å². The normalized spacial score (nSPS) is 11.0. The number of hydrogen-bond acceptors (Lipinski definition) is 6. The van der Waals surface area contributed by atoms with E-state index in [1.807, 2.05) is 51.1 Å². The van der Waals surface area contributed by atoms with Crippen LogP contribution in [0.25, 0.3) is 22.0 Å². The van der Waals surface area contributed by atoms with Crippen LogP contribution in [0.5, 0.6) is 23.0 Å². The third-order valence-corrected chi connectivity index (χ3v) is 5.22. The second kappa shape index (κ2) is 9.25. The summed E-state index contributed by atoms with van der Waals surface area (Å²) in [5.41, 5.74) is 3.65. The van der Waals surface area contributed by atoms with E-state index < -0.39 is 0 Å². The van der Waals surface area contributed by atoms with Gasteiger partial charge in [-0.2, -0.15) is 0 Å². The van der Waals surface area contributed by atoms with Crippen molar-refractivity contribution in [1.29, 1.82) is 0 Å². The van der Waals surface area contributed by atoms with Crippen LogP contribution < -0.4 is 18.9 Å². The van der Waals surface area contributed by atoms with Gasteiger partial charge in [-0.05, 0) is 36.6 Å². The van der Waals surface area contributed by atoms with E-state index in [9.17, 15) is 4.79 Å². The van der Waals surface area contributed by atoms with Gasteiger partial charge in [-0.25, -0.2) is 0 Å². The van der Waals surface area contributed by atoms with Crippen LogP contribution in [-0.4, -0.2) is 39.2 Å². The highest BCUT2D eigenvalue weighted by Crippen LogP contribution is 2.41. The van der Waals surface area contributed by atoms with Gasteiger partial charge in [0, 0.05) is 34.7 Å². The molecule has 0 saturated carbocycles. The van der Waals surface area contributed by atoms with Crippen molar-refractivity contribution in [2.45, 2.75) is 27.2 Å². The van der Waals surface area contributed by atoms with Gasteiger partial charge in [0.25, 0.3) is 0 Å². The van der Waals surface area contributed by atoms with Gasteiger partial charge < -0.3 is 18.9 Å². The molecule has 0 fully saturated rings. The van der Waals surface area contributed by atoms with E-state index in [0.717, 1.165) is 22.0 Å². The highest BCUT2D eigenvalue weighted by atomic mass is 16.5. The molecule has 0 unspecified atom stereocenters. The summed E-state index contributed by atoms with van der Waals surface area (Å²) in [6, 6.07) is 9.36. The molecule has 0 radical (unpaired) electrons. The van der Waals surface area contributed by atoms with E-state index in [-0.39, 0.29) is 11.7 Å². The molecule has 0 amide bonds. The van der Waals surface area contributed by atoms with Gasteiger partial charge in [-0.3, -0.25) is 9.78 Å². The minimum absolute atomic E-state index is 0.0569. The van der Waals surface area contributed by atoms with E-state index >= 15 is 0 Å². The number of carbonyl (C=O) groups is 1. The molecule has 164 valence electrons. The number of ketones is 1. The SMILES string of the molecule is COc1ccc(-c2c(C(=O)CC(C)C)c(C)nc3cc(OC)c(OC)cc23)cc1OC. The van der Waals surface area contributed by atoms with Crippen LogP contribution >= 0.6 is 0 Å². The standard InChI is InChI=1S/C25H29NO5/c1-14(2)10-19(27)24-15(3)26-18-13-23(31-7)22(30-6)12-17(18)25(24)16-8-9-20(28-4)21(11-16)29-5/h8-9,11-14H,10H2,1-7H3. The lowest BCUT2D eigenvalue weighted by molar-refractivity contribution is 0.0967. The predicted octanol–water partition coefficient (Wildman–Crippen LogP) is 5.47. The molecule has 2 aromatic carbocycles. The minimum atomic E-state index is 0.0569. The third kappa shape index (κ3) is 4.29. The molecular formula is C25H29NO5. The lowest BCUT2D eigenvalue weighted by Gasteiger charge is -2.18. The molecule has 6 heteroatoms. The number of nitrogens with zero attached hydrogens (tertiary/aromatic N) is 1. The second-order valence-electron chi connectivity index (χ2n) is 7.76. The van der Waals surface area contributed by atoms with Crippen molar-refractivity contribution in [2.75, 3.05) is 28.4 Å². The molecule has 1 heterocycles. The number of carbonyl (C=O) groups excluding carboxylic acids is 1. The fourth-order valence-electron chi connectivity index (χ4n) is 3.82. The first-order chi connectivity index (χ1) is 14.8. The summed E-state index contributed by atoms with van der Waals surface area (Å²) in [7, 11) is 6.37. The molecule has 1 aromatic heterocycles. The molecule has 3 rings (SSSR count). The molecule has 0 saturated heterocycles. The summed E-state index contributed by atoms with van der Waals surface area (Å²) in [6.07, 6.45) is 0.432. The van der Waals surface area contributed by atoms with Crippen molar-refractivity contribution < 1.29 is 23.7 Å². The Morgan fingerprint density at radius 1 is 0.871 bits per heavy atom. The van der Waals surface area contributed by atoms with E-state index in [1.165, 1.54) is 0 Å². The number of pyridine rings is 1. The molecule has 0 bridgehead atoms. The molecule has 0 aliphatic rings. The molecule has 3 aromatic rings. The molecule has 0 atom stereocenters. The average Bonchev–Trinajstić information content (AvgIpc) is 2.76. The van der Waals surface area contributed by atoms with Gasteiger partial charge in [0.05, 0.1) is 34.0 Å². The van der Waals surface area contributed by atoms with Gasteiger partial charge >= 0.3 is 0 Å². The summed E-state index contributed by atoms with van der Waals surface area (Å²) >= 11 is 0. The smallest absolute Gasteiger partial charge is 0.165 e. The maximum atomic E-state index is 13.3. The number of ether oxygens (including phenoxy) is 4. The van der Waals surface area contributed by atoms with E-state index in [2.05, 4.69) is 0 Å². The monoisotopic (exact) mass is 423 g/mol. The van der Waals surface area contributed by atoms with E-state index in [4.69, 9.17) is 23.9 Å². The fourth-order valence-corrected chi connectivity index (χ4v) is 3.82. The van der Waals surface area contributed by atoms with Gasteiger partial charge in [0.15, 0.2) is 28.8 Å². The lowest BCUT2D eigenvalue weighted by Crippen LogP contribution is -2.10. The molecular weight excluding hydrogens is 394 g/mol. The van der Waals surface area contributed by atoms with Gasteiger partial charge in [0.1, 0.15) is 0 Å². The Morgan fingerprint density at radius 3 is 2.03 bits per heavy atom. The zero-order valence-electron chi connectivity index (χ0n) is 19.2. The highest BCUT2D eigenvalue weighted by Gasteiger charge is 2.23. The van der Waals surface area contributed by atoms with Crippen molar-refractivity contribution in [2.24, 2.45) is 5.92 Å². The Labute approximate surface area is 183 Å².